The quantitative estimate of drug-likeness (QED) is 0.640. The molecule has 6 rings (SSSR count). The van der Waals surface area contributed by atoms with Gasteiger partial charge in [-0.3, -0.25) is 4.79 Å². The largest absolute Gasteiger partial charge is 0.477 e. The van der Waals surface area contributed by atoms with Crippen LogP contribution in [0.3, 0.4) is 0 Å². The molecule has 0 radical (unpaired) electrons. The minimum absolute atomic E-state index is 0.284. The first kappa shape index (κ1) is 19.7. The number of piperazine rings is 1. The lowest BCUT2D eigenvalue weighted by Crippen LogP contribution is -2.61. The molecule has 2 atom stereocenters. The van der Waals surface area contributed by atoms with E-state index >= 15 is 0 Å². The van der Waals surface area contributed by atoms with Crippen LogP contribution in [0.1, 0.15) is 41.5 Å². The maximum atomic E-state index is 13.0. The normalized spacial score (nSPS) is 20.3. The summed E-state index contributed by atoms with van der Waals surface area (Å²) in [6.45, 7) is 7.86. The van der Waals surface area contributed by atoms with Crippen molar-refractivity contribution >= 4 is 23.3 Å². The molecule has 3 aliphatic heterocycles. The van der Waals surface area contributed by atoms with E-state index in [1.165, 1.54) is 6.42 Å². The molecule has 0 aliphatic carbocycles. The van der Waals surface area contributed by atoms with Crippen LogP contribution >= 0.6 is 0 Å². The van der Waals surface area contributed by atoms with Gasteiger partial charge >= 0.3 is 0 Å². The zero-order valence-electron chi connectivity index (χ0n) is 17.9. The lowest BCUT2D eigenvalue weighted by atomic mass is 9.93. The number of amides is 1. The van der Waals surface area contributed by atoms with Gasteiger partial charge in [-0.2, -0.15) is 4.98 Å². The lowest BCUT2D eigenvalue weighted by Gasteiger charge is -2.45. The van der Waals surface area contributed by atoms with Crippen molar-refractivity contribution in [2.24, 2.45) is 0 Å². The molecule has 10 nitrogen and oxygen atoms in total. The molecule has 31 heavy (non-hydrogen) atoms. The Balaban J connectivity index is 1.41. The highest BCUT2D eigenvalue weighted by molar-refractivity contribution is 6.05. The molecule has 3 aliphatic rings. The minimum Gasteiger partial charge on any atom is -0.477 e. The first-order chi connectivity index (χ1) is 15.0. The fraction of sp³-hybridized carbons (Fsp3) is 0.476. The monoisotopic (exact) mass is 422 g/mol. The molecule has 3 saturated heterocycles. The molecule has 0 saturated carbocycles. The first-order valence-electron chi connectivity index (χ1n) is 10.7. The molecule has 1 amide bonds. The number of piperidine rings is 2. The summed E-state index contributed by atoms with van der Waals surface area (Å²) in [6.07, 6.45) is 7.48. The van der Waals surface area contributed by atoms with E-state index in [-0.39, 0.29) is 17.4 Å². The predicted molar refractivity (Wildman–Crippen MR) is 116 cm³/mol. The highest BCUT2D eigenvalue weighted by Gasteiger charge is 2.35. The second kappa shape index (κ2) is 7.77. The van der Waals surface area contributed by atoms with Crippen molar-refractivity contribution in [2.45, 2.75) is 45.7 Å². The molecule has 3 aromatic rings. The van der Waals surface area contributed by atoms with E-state index in [1.54, 1.807) is 12.4 Å². The maximum Gasteiger partial charge on any atom is 0.263 e. The van der Waals surface area contributed by atoms with Crippen molar-refractivity contribution in [3.63, 3.8) is 0 Å². The van der Waals surface area contributed by atoms with Gasteiger partial charge in [0.25, 0.3) is 5.91 Å². The standard InChI is InChI=1S/C21H26N8O2/c1-4-31-20-16(8-23-21(27-20)29-10-14-5-6-15(29)7-22-14)19(30)26-17-11-28-9-12(2)24-18(28)13(3)25-17/h8-9,11,14-15,22H,4-7,10H2,1-3H3,(H,26,30). The second-order valence-electron chi connectivity index (χ2n) is 8.09. The summed E-state index contributed by atoms with van der Waals surface area (Å²) < 4.78 is 7.57. The summed E-state index contributed by atoms with van der Waals surface area (Å²) in [5, 5.41) is 6.37. The van der Waals surface area contributed by atoms with Gasteiger partial charge in [0.1, 0.15) is 11.4 Å². The van der Waals surface area contributed by atoms with E-state index in [4.69, 9.17) is 4.74 Å². The molecule has 3 aromatic heterocycles. The summed E-state index contributed by atoms with van der Waals surface area (Å²) in [6, 6.07) is 0.833. The Labute approximate surface area is 180 Å². The second-order valence-corrected chi connectivity index (χ2v) is 8.09. The maximum absolute atomic E-state index is 13.0. The SMILES string of the molecule is CCOc1nc(N2CC3CCC2CN3)ncc1C(=O)Nc1cn2cc(C)nc2c(C)n1. The highest BCUT2D eigenvalue weighted by atomic mass is 16.5. The van der Waals surface area contributed by atoms with Gasteiger partial charge in [-0.1, -0.05) is 0 Å². The number of ether oxygens (including phenoxy) is 1. The molecule has 2 bridgehead atoms. The van der Waals surface area contributed by atoms with E-state index in [9.17, 15) is 4.79 Å². The number of aromatic nitrogens is 5. The lowest BCUT2D eigenvalue weighted by molar-refractivity contribution is 0.102. The smallest absolute Gasteiger partial charge is 0.263 e. The van der Waals surface area contributed by atoms with Crippen LogP contribution in [0, 0.1) is 13.8 Å². The molecule has 3 fully saturated rings. The predicted octanol–water partition coefficient (Wildman–Crippen LogP) is 1.73. The van der Waals surface area contributed by atoms with Gasteiger partial charge in [0.15, 0.2) is 5.65 Å². The molecular weight excluding hydrogens is 396 g/mol. The molecule has 162 valence electrons. The van der Waals surface area contributed by atoms with Gasteiger partial charge in [0.2, 0.25) is 11.8 Å². The van der Waals surface area contributed by atoms with Crippen LogP contribution in [0.4, 0.5) is 11.8 Å². The third kappa shape index (κ3) is 3.67. The van der Waals surface area contributed by atoms with Gasteiger partial charge in [-0.15, -0.1) is 0 Å². The highest BCUT2D eigenvalue weighted by Crippen LogP contribution is 2.28. The van der Waals surface area contributed by atoms with Crippen molar-refractivity contribution < 1.29 is 9.53 Å². The third-order valence-corrected chi connectivity index (χ3v) is 5.84. The zero-order chi connectivity index (χ0) is 21.5. The minimum atomic E-state index is -0.361. The van der Waals surface area contributed by atoms with Gasteiger partial charge < -0.3 is 24.7 Å². The van der Waals surface area contributed by atoms with Crippen molar-refractivity contribution in [1.82, 2.24) is 29.7 Å². The summed E-state index contributed by atoms with van der Waals surface area (Å²) in [5.74, 6) is 0.967. The first-order valence-corrected chi connectivity index (χ1v) is 10.7. The Hall–Kier alpha value is -3.27. The summed E-state index contributed by atoms with van der Waals surface area (Å²) in [4.78, 5) is 33.2. The Morgan fingerprint density at radius 3 is 2.84 bits per heavy atom. The van der Waals surface area contributed by atoms with Crippen molar-refractivity contribution in [2.75, 3.05) is 29.9 Å². The number of carbonyl (C=O) groups is 1. The van der Waals surface area contributed by atoms with Gasteiger partial charge in [0, 0.05) is 37.6 Å². The van der Waals surface area contributed by atoms with Gasteiger partial charge in [-0.25, -0.2) is 15.0 Å². The Morgan fingerprint density at radius 2 is 2.13 bits per heavy atom. The number of nitrogens with one attached hydrogen (secondary N) is 2. The fourth-order valence-corrected chi connectivity index (χ4v) is 4.37. The van der Waals surface area contributed by atoms with Crippen LogP contribution in [0.25, 0.3) is 5.65 Å². The zero-order valence-corrected chi connectivity index (χ0v) is 17.9. The van der Waals surface area contributed by atoms with Crippen molar-refractivity contribution in [1.29, 1.82) is 0 Å². The molecule has 0 aromatic carbocycles. The van der Waals surface area contributed by atoms with Crippen molar-refractivity contribution in [3.8, 4) is 5.88 Å². The van der Waals surface area contributed by atoms with Gasteiger partial charge in [0.05, 0.1) is 24.2 Å². The van der Waals surface area contributed by atoms with Crippen LogP contribution in [0.5, 0.6) is 5.88 Å². The average molecular weight is 422 g/mol. The third-order valence-electron chi connectivity index (χ3n) is 5.84. The van der Waals surface area contributed by atoms with Crippen LogP contribution in [0.15, 0.2) is 18.6 Å². The Morgan fingerprint density at radius 1 is 1.26 bits per heavy atom. The molecule has 2 N–H and O–H groups in total. The summed E-state index contributed by atoms with van der Waals surface area (Å²) >= 11 is 0. The van der Waals surface area contributed by atoms with Crippen LogP contribution in [-0.2, 0) is 0 Å². The fourth-order valence-electron chi connectivity index (χ4n) is 4.37. The number of hydrogen-bond acceptors (Lipinski definition) is 8. The Kier molecular flexibility index (Phi) is 4.93. The van der Waals surface area contributed by atoms with Crippen molar-refractivity contribution in [3.05, 3.63) is 35.5 Å². The molecule has 2 unspecified atom stereocenters. The van der Waals surface area contributed by atoms with E-state index in [2.05, 4.69) is 35.5 Å². The van der Waals surface area contributed by atoms with E-state index in [1.807, 2.05) is 31.4 Å². The number of imidazole rings is 1. The number of hydrogen-bond donors (Lipinski definition) is 2. The van der Waals surface area contributed by atoms with Crippen LogP contribution < -0.4 is 20.3 Å². The topological polar surface area (TPSA) is 110 Å². The summed E-state index contributed by atoms with van der Waals surface area (Å²) in [5.41, 5.74) is 2.67. The summed E-state index contributed by atoms with van der Waals surface area (Å²) in [7, 11) is 0. The van der Waals surface area contributed by atoms with E-state index in [0.29, 0.717) is 30.5 Å². The van der Waals surface area contributed by atoms with Crippen LogP contribution in [-0.4, -0.2) is 62.0 Å². The molecule has 0 spiro atoms. The molecule has 6 heterocycles. The van der Waals surface area contributed by atoms with E-state index in [0.717, 1.165) is 36.5 Å². The number of rotatable bonds is 5. The number of anilines is 2. The molecule has 10 heteroatoms. The number of carbonyl (C=O) groups excluding carboxylic acids is 1. The van der Waals surface area contributed by atoms with Crippen LogP contribution in [0.2, 0.25) is 0 Å². The number of fused-ring (bicyclic) bond motifs is 4. The number of aryl methyl sites for hydroxylation is 2. The van der Waals surface area contributed by atoms with Gasteiger partial charge in [-0.05, 0) is 33.6 Å². The average Bonchev–Trinajstić information content (AvgIpc) is 3.15. The Bertz CT molecular complexity index is 1140. The van der Waals surface area contributed by atoms with E-state index < -0.39 is 0 Å². The molecular formula is C21H26N8O2. The number of nitrogens with zero attached hydrogens (tertiary/aromatic N) is 6.